The van der Waals surface area contributed by atoms with Gasteiger partial charge in [-0.15, -0.1) is 11.6 Å². The summed E-state index contributed by atoms with van der Waals surface area (Å²) in [5.41, 5.74) is 0. The molecule has 0 aromatic carbocycles. The fraction of sp³-hybridized carbons (Fsp3) is 0.857. The summed E-state index contributed by atoms with van der Waals surface area (Å²) in [6, 6.07) is 0. The monoisotopic (exact) mass is 180 g/mol. The van der Waals surface area contributed by atoms with E-state index in [2.05, 4.69) is 4.74 Å². The van der Waals surface area contributed by atoms with Gasteiger partial charge >= 0.3 is 5.97 Å². The first-order chi connectivity index (χ1) is 5.16. The van der Waals surface area contributed by atoms with Crippen molar-refractivity contribution >= 4 is 17.6 Å². The van der Waals surface area contributed by atoms with E-state index in [0.29, 0.717) is 19.4 Å². The molecule has 0 aliphatic heterocycles. The zero-order chi connectivity index (χ0) is 8.69. The van der Waals surface area contributed by atoms with E-state index >= 15 is 0 Å². The Morgan fingerprint density at radius 1 is 1.73 bits per heavy atom. The topological polar surface area (TPSA) is 46.5 Å². The number of ether oxygens (including phenoxy) is 1. The Morgan fingerprint density at radius 2 is 2.36 bits per heavy atom. The molecule has 1 unspecified atom stereocenters. The van der Waals surface area contributed by atoms with Gasteiger partial charge in [0, 0.05) is 12.8 Å². The van der Waals surface area contributed by atoms with Crippen molar-refractivity contribution in [2.75, 3.05) is 12.5 Å². The van der Waals surface area contributed by atoms with Crippen molar-refractivity contribution in [3.05, 3.63) is 0 Å². The van der Waals surface area contributed by atoms with Crippen LogP contribution in [-0.2, 0) is 9.53 Å². The molecule has 0 heterocycles. The van der Waals surface area contributed by atoms with E-state index in [1.54, 1.807) is 0 Å². The normalized spacial score (nSPS) is 12.6. The maximum atomic E-state index is 10.2. The van der Waals surface area contributed by atoms with Gasteiger partial charge in [-0.25, -0.2) is 0 Å². The van der Waals surface area contributed by atoms with Gasteiger partial charge in [0.25, 0.3) is 0 Å². The molecule has 1 atom stereocenters. The minimum Gasteiger partial charge on any atom is -0.466 e. The highest BCUT2D eigenvalue weighted by atomic mass is 35.5. The summed E-state index contributed by atoms with van der Waals surface area (Å²) in [6.07, 6.45) is 0.761. The number of hydrogen-bond donors (Lipinski definition) is 1. The molecule has 0 aromatic heterocycles. The third kappa shape index (κ3) is 7.62. The maximum Gasteiger partial charge on any atom is 0.302 e. The molecule has 11 heavy (non-hydrogen) atoms. The van der Waals surface area contributed by atoms with Gasteiger partial charge in [0.05, 0.1) is 12.7 Å². The summed E-state index contributed by atoms with van der Waals surface area (Å²) < 4.78 is 4.64. The van der Waals surface area contributed by atoms with Crippen molar-refractivity contribution in [2.24, 2.45) is 0 Å². The molecule has 0 radical (unpaired) electrons. The second-order valence-corrected chi connectivity index (χ2v) is 2.60. The molecule has 0 fully saturated rings. The van der Waals surface area contributed by atoms with Gasteiger partial charge in [0.1, 0.15) is 0 Å². The number of halogens is 1. The van der Waals surface area contributed by atoms with Gasteiger partial charge in [-0.3, -0.25) is 4.79 Å². The van der Waals surface area contributed by atoms with Crippen LogP contribution in [0.1, 0.15) is 19.8 Å². The van der Waals surface area contributed by atoms with E-state index in [1.807, 2.05) is 0 Å². The standard InChI is InChI=1S/C7H13ClO3/c1-6(9)11-4-2-3-7(10)5-8/h7,10H,2-5H2,1H3. The molecular formula is C7H13ClO3. The second kappa shape index (κ2) is 6.43. The van der Waals surface area contributed by atoms with Crippen LogP contribution in [0.2, 0.25) is 0 Å². The average Bonchev–Trinajstić information content (AvgIpc) is 1.97. The summed E-state index contributed by atoms with van der Waals surface area (Å²) in [5.74, 6) is -0.0505. The van der Waals surface area contributed by atoms with Crippen LogP contribution in [0.4, 0.5) is 0 Å². The largest absolute Gasteiger partial charge is 0.466 e. The lowest BCUT2D eigenvalue weighted by molar-refractivity contribution is -0.141. The lowest BCUT2D eigenvalue weighted by atomic mass is 10.2. The number of carbonyl (C=O) groups is 1. The van der Waals surface area contributed by atoms with Crippen molar-refractivity contribution < 1.29 is 14.6 Å². The Labute approximate surface area is 71.3 Å². The lowest BCUT2D eigenvalue weighted by Crippen LogP contribution is -2.10. The smallest absolute Gasteiger partial charge is 0.302 e. The van der Waals surface area contributed by atoms with E-state index in [0.717, 1.165) is 0 Å². The van der Waals surface area contributed by atoms with Crippen LogP contribution in [0.25, 0.3) is 0 Å². The minimum absolute atomic E-state index is 0.236. The first-order valence-electron chi connectivity index (χ1n) is 3.54. The van der Waals surface area contributed by atoms with Crippen molar-refractivity contribution in [2.45, 2.75) is 25.9 Å². The zero-order valence-electron chi connectivity index (χ0n) is 6.55. The van der Waals surface area contributed by atoms with Gasteiger partial charge in [0.2, 0.25) is 0 Å². The number of alkyl halides is 1. The van der Waals surface area contributed by atoms with Crippen molar-refractivity contribution in [1.82, 2.24) is 0 Å². The SMILES string of the molecule is CC(=O)OCCCC(O)CCl. The minimum atomic E-state index is -0.479. The van der Waals surface area contributed by atoms with E-state index in [-0.39, 0.29) is 11.8 Å². The maximum absolute atomic E-state index is 10.2. The molecule has 0 aliphatic rings. The molecule has 3 nitrogen and oxygen atoms in total. The molecule has 0 bridgehead atoms. The summed E-state index contributed by atoms with van der Waals surface area (Å²) in [4.78, 5) is 10.2. The van der Waals surface area contributed by atoms with Gasteiger partial charge < -0.3 is 9.84 Å². The molecule has 0 rings (SSSR count). The third-order valence-corrected chi connectivity index (χ3v) is 1.52. The van der Waals surface area contributed by atoms with Crippen molar-refractivity contribution in [3.8, 4) is 0 Å². The number of aliphatic hydroxyl groups is 1. The van der Waals surface area contributed by atoms with E-state index in [1.165, 1.54) is 6.92 Å². The molecule has 0 spiro atoms. The van der Waals surface area contributed by atoms with Gasteiger partial charge in [-0.2, -0.15) is 0 Å². The van der Waals surface area contributed by atoms with Crippen LogP contribution in [0.3, 0.4) is 0 Å². The van der Waals surface area contributed by atoms with Crippen LogP contribution in [0.15, 0.2) is 0 Å². The highest BCUT2D eigenvalue weighted by Crippen LogP contribution is 1.99. The van der Waals surface area contributed by atoms with Crippen LogP contribution < -0.4 is 0 Å². The Balaban J connectivity index is 3.08. The van der Waals surface area contributed by atoms with Gasteiger partial charge in [0.15, 0.2) is 0 Å². The van der Waals surface area contributed by atoms with E-state index < -0.39 is 6.10 Å². The molecule has 0 aliphatic carbocycles. The predicted molar refractivity (Wildman–Crippen MR) is 42.6 cm³/mol. The van der Waals surface area contributed by atoms with Crippen LogP contribution in [0.5, 0.6) is 0 Å². The van der Waals surface area contributed by atoms with Crippen LogP contribution in [0, 0.1) is 0 Å². The highest BCUT2D eigenvalue weighted by molar-refractivity contribution is 6.18. The number of esters is 1. The first kappa shape index (κ1) is 10.7. The molecule has 0 saturated heterocycles. The predicted octanol–water partition coefficient (Wildman–Crippen LogP) is 0.929. The Kier molecular flexibility index (Phi) is 6.27. The molecule has 0 saturated carbocycles. The Morgan fingerprint density at radius 3 is 2.82 bits per heavy atom. The zero-order valence-corrected chi connectivity index (χ0v) is 7.30. The molecular weight excluding hydrogens is 168 g/mol. The summed E-state index contributed by atoms with van der Waals surface area (Å²) in [5, 5.41) is 8.95. The number of hydrogen-bond acceptors (Lipinski definition) is 3. The number of rotatable bonds is 5. The van der Waals surface area contributed by atoms with Gasteiger partial charge in [-0.05, 0) is 12.8 Å². The molecule has 0 amide bonds. The Bertz CT molecular complexity index is 116. The average molecular weight is 181 g/mol. The molecule has 0 aromatic rings. The number of aliphatic hydroxyl groups excluding tert-OH is 1. The van der Waals surface area contributed by atoms with E-state index in [9.17, 15) is 4.79 Å². The summed E-state index contributed by atoms with van der Waals surface area (Å²) in [7, 11) is 0. The number of carbonyl (C=O) groups excluding carboxylic acids is 1. The quantitative estimate of drug-likeness (QED) is 0.389. The summed E-state index contributed by atoms with van der Waals surface area (Å²) in [6.45, 7) is 1.72. The molecule has 4 heteroatoms. The Hall–Kier alpha value is -0.280. The second-order valence-electron chi connectivity index (χ2n) is 2.29. The van der Waals surface area contributed by atoms with Crippen molar-refractivity contribution in [1.29, 1.82) is 0 Å². The van der Waals surface area contributed by atoms with Gasteiger partial charge in [-0.1, -0.05) is 0 Å². The van der Waals surface area contributed by atoms with Crippen LogP contribution >= 0.6 is 11.6 Å². The molecule has 1 N–H and O–H groups in total. The first-order valence-corrected chi connectivity index (χ1v) is 4.07. The summed E-state index contributed by atoms with van der Waals surface area (Å²) >= 11 is 5.34. The third-order valence-electron chi connectivity index (χ3n) is 1.17. The lowest BCUT2D eigenvalue weighted by Gasteiger charge is -2.05. The van der Waals surface area contributed by atoms with Crippen molar-refractivity contribution in [3.63, 3.8) is 0 Å². The van der Waals surface area contributed by atoms with E-state index in [4.69, 9.17) is 16.7 Å². The highest BCUT2D eigenvalue weighted by Gasteiger charge is 2.01. The molecule has 66 valence electrons. The van der Waals surface area contributed by atoms with Crippen LogP contribution in [-0.4, -0.2) is 29.7 Å². The fourth-order valence-corrected chi connectivity index (χ4v) is 0.766. The fourth-order valence-electron chi connectivity index (χ4n) is 0.612.